The van der Waals surface area contributed by atoms with E-state index < -0.39 is 22.0 Å². The highest BCUT2D eigenvalue weighted by molar-refractivity contribution is 7.89. The lowest BCUT2D eigenvalue weighted by molar-refractivity contribution is -0.117. The molecule has 1 amide bonds. The number of nitrogens with one attached hydrogen (secondary N) is 2. The van der Waals surface area contributed by atoms with Crippen LogP contribution < -0.4 is 14.8 Å². The van der Waals surface area contributed by atoms with Gasteiger partial charge in [-0.3, -0.25) is 4.79 Å². The molecule has 0 unspecified atom stereocenters. The van der Waals surface area contributed by atoms with Crippen LogP contribution in [0.2, 0.25) is 0 Å². The van der Waals surface area contributed by atoms with E-state index in [-0.39, 0.29) is 11.3 Å². The van der Waals surface area contributed by atoms with Crippen molar-refractivity contribution in [1.29, 1.82) is 0 Å². The lowest BCUT2D eigenvalue weighted by Gasteiger charge is -2.20. The van der Waals surface area contributed by atoms with E-state index in [4.69, 9.17) is 4.74 Å². The molecule has 0 aliphatic carbocycles. The van der Waals surface area contributed by atoms with Crippen molar-refractivity contribution < 1.29 is 17.9 Å². The van der Waals surface area contributed by atoms with Crippen molar-refractivity contribution in [3.63, 3.8) is 0 Å². The number of rotatable bonds is 9. The lowest BCUT2D eigenvalue weighted by Crippen LogP contribution is -2.45. The number of sulfonamides is 1. The van der Waals surface area contributed by atoms with Crippen LogP contribution in [-0.4, -0.2) is 27.0 Å². The summed E-state index contributed by atoms with van der Waals surface area (Å²) in [7, 11) is -3.96. The summed E-state index contributed by atoms with van der Waals surface area (Å²) in [5, 5.41) is 2.90. The minimum absolute atomic E-state index is 0.0843. The summed E-state index contributed by atoms with van der Waals surface area (Å²) in [6.45, 7) is 7.98. The molecule has 0 saturated heterocycles. The maximum Gasteiger partial charge on any atom is 0.242 e. The van der Waals surface area contributed by atoms with Crippen molar-refractivity contribution in [2.45, 2.75) is 45.1 Å². The summed E-state index contributed by atoms with van der Waals surface area (Å²) in [6.07, 6.45) is 0.215. The average molecular weight is 467 g/mol. The van der Waals surface area contributed by atoms with Gasteiger partial charge in [0.25, 0.3) is 0 Å². The Morgan fingerprint density at radius 3 is 2.33 bits per heavy atom. The second-order valence-electron chi connectivity index (χ2n) is 8.03. The first-order valence-electron chi connectivity index (χ1n) is 10.9. The molecule has 0 radical (unpaired) electrons. The Balaban J connectivity index is 1.89. The van der Waals surface area contributed by atoms with Crippen LogP contribution >= 0.6 is 0 Å². The summed E-state index contributed by atoms with van der Waals surface area (Å²) in [6, 6.07) is 18.8. The number of benzene rings is 3. The van der Waals surface area contributed by atoms with Gasteiger partial charge in [-0.2, -0.15) is 4.72 Å². The Hall–Kier alpha value is -3.16. The molecule has 174 valence electrons. The molecule has 0 fully saturated rings. The first kappa shape index (κ1) is 24.5. The number of carbonyl (C=O) groups excluding carboxylic acids is 1. The molecule has 0 aromatic heterocycles. The average Bonchev–Trinajstić information content (AvgIpc) is 2.78. The van der Waals surface area contributed by atoms with Crippen molar-refractivity contribution in [1.82, 2.24) is 4.72 Å². The topological polar surface area (TPSA) is 84.5 Å². The SMILES string of the molecule is CCOc1ccc(S(=O)(=O)N[C@@H](Cc2ccccc2)C(=O)Nc2cc(C)ccc2C)cc1C. The van der Waals surface area contributed by atoms with Gasteiger partial charge in [0.05, 0.1) is 11.5 Å². The second-order valence-corrected chi connectivity index (χ2v) is 9.75. The van der Waals surface area contributed by atoms with Gasteiger partial charge in [-0.25, -0.2) is 8.42 Å². The van der Waals surface area contributed by atoms with Gasteiger partial charge in [0.15, 0.2) is 0 Å². The molecule has 0 bridgehead atoms. The zero-order valence-corrected chi connectivity index (χ0v) is 20.2. The van der Waals surface area contributed by atoms with E-state index in [1.54, 1.807) is 19.1 Å². The fourth-order valence-corrected chi connectivity index (χ4v) is 4.77. The zero-order chi connectivity index (χ0) is 24.0. The summed E-state index contributed by atoms with van der Waals surface area (Å²) in [5.41, 5.74) is 4.12. The molecular weight excluding hydrogens is 436 g/mol. The Morgan fingerprint density at radius 1 is 0.939 bits per heavy atom. The predicted octanol–water partition coefficient (Wildman–Crippen LogP) is 4.54. The molecule has 0 spiro atoms. The minimum Gasteiger partial charge on any atom is -0.494 e. The third-order valence-electron chi connectivity index (χ3n) is 5.30. The second kappa shape index (κ2) is 10.6. The van der Waals surface area contributed by atoms with Crippen LogP contribution in [0.4, 0.5) is 5.69 Å². The lowest BCUT2D eigenvalue weighted by atomic mass is 10.1. The van der Waals surface area contributed by atoms with Gasteiger partial charge in [-0.05, 0) is 80.6 Å². The van der Waals surface area contributed by atoms with Gasteiger partial charge in [-0.1, -0.05) is 42.5 Å². The van der Waals surface area contributed by atoms with Gasteiger partial charge in [0, 0.05) is 5.69 Å². The number of hydrogen-bond acceptors (Lipinski definition) is 4. The fraction of sp³-hybridized carbons (Fsp3) is 0.269. The zero-order valence-electron chi connectivity index (χ0n) is 19.4. The molecule has 0 saturated carbocycles. The van der Waals surface area contributed by atoms with Crippen LogP contribution in [0, 0.1) is 20.8 Å². The molecular formula is C26H30N2O4S. The molecule has 1 atom stereocenters. The summed E-state index contributed by atoms with van der Waals surface area (Å²) >= 11 is 0. The van der Waals surface area contributed by atoms with Crippen LogP contribution in [0.15, 0.2) is 71.6 Å². The molecule has 0 aliphatic rings. The fourth-order valence-electron chi connectivity index (χ4n) is 3.49. The smallest absolute Gasteiger partial charge is 0.242 e. The number of anilines is 1. The van der Waals surface area contributed by atoms with Gasteiger partial charge in [0.2, 0.25) is 15.9 Å². The van der Waals surface area contributed by atoms with Crippen molar-refractivity contribution in [3.05, 3.63) is 89.0 Å². The Morgan fingerprint density at radius 2 is 1.67 bits per heavy atom. The molecule has 33 heavy (non-hydrogen) atoms. The number of carbonyl (C=O) groups is 1. The monoisotopic (exact) mass is 466 g/mol. The number of ether oxygens (including phenoxy) is 1. The molecule has 3 aromatic carbocycles. The highest BCUT2D eigenvalue weighted by Gasteiger charge is 2.27. The molecule has 7 heteroatoms. The van der Waals surface area contributed by atoms with Crippen molar-refractivity contribution >= 4 is 21.6 Å². The summed E-state index contributed by atoms with van der Waals surface area (Å²) < 4.78 is 34.5. The first-order valence-corrected chi connectivity index (χ1v) is 12.4. The molecule has 3 rings (SSSR count). The standard InChI is InChI=1S/C26H30N2O4S/c1-5-32-25-14-13-22(16-20(25)4)33(30,31)28-24(17-21-9-7-6-8-10-21)26(29)27-23-15-18(2)11-12-19(23)3/h6-16,24,28H,5,17H2,1-4H3,(H,27,29)/t24-/m0/s1. The number of amides is 1. The van der Waals surface area contributed by atoms with Crippen LogP contribution in [0.1, 0.15) is 29.2 Å². The highest BCUT2D eigenvalue weighted by atomic mass is 32.2. The van der Waals surface area contributed by atoms with E-state index in [0.29, 0.717) is 23.6 Å². The number of aryl methyl sites for hydroxylation is 3. The van der Waals surface area contributed by atoms with E-state index in [2.05, 4.69) is 10.0 Å². The van der Waals surface area contributed by atoms with Crippen LogP contribution in [-0.2, 0) is 21.2 Å². The Kier molecular flexibility index (Phi) is 7.89. The van der Waals surface area contributed by atoms with Crippen LogP contribution in [0.3, 0.4) is 0 Å². The summed E-state index contributed by atoms with van der Waals surface area (Å²) in [5.74, 6) is 0.212. The van der Waals surface area contributed by atoms with Gasteiger partial charge < -0.3 is 10.1 Å². The van der Waals surface area contributed by atoms with E-state index in [1.165, 1.54) is 6.07 Å². The van der Waals surface area contributed by atoms with Crippen molar-refractivity contribution in [3.8, 4) is 5.75 Å². The molecule has 0 heterocycles. The van der Waals surface area contributed by atoms with E-state index in [1.807, 2.05) is 69.3 Å². The Bertz CT molecular complexity index is 1220. The molecule has 0 aliphatic heterocycles. The normalized spacial score (nSPS) is 12.2. The molecule has 2 N–H and O–H groups in total. The molecule has 6 nitrogen and oxygen atoms in total. The van der Waals surface area contributed by atoms with Crippen LogP contribution in [0.25, 0.3) is 0 Å². The minimum atomic E-state index is -3.96. The third-order valence-corrected chi connectivity index (χ3v) is 6.77. The van der Waals surface area contributed by atoms with E-state index in [0.717, 1.165) is 16.7 Å². The summed E-state index contributed by atoms with van der Waals surface area (Å²) in [4.78, 5) is 13.3. The quantitative estimate of drug-likeness (QED) is 0.485. The van der Waals surface area contributed by atoms with E-state index in [9.17, 15) is 13.2 Å². The third kappa shape index (κ3) is 6.43. The van der Waals surface area contributed by atoms with Crippen molar-refractivity contribution in [2.75, 3.05) is 11.9 Å². The largest absolute Gasteiger partial charge is 0.494 e. The van der Waals surface area contributed by atoms with Crippen LogP contribution in [0.5, 0.6) is 5.75 Å². The highest BCUT2D eigenvalue weighted by Crippen LogP contribution is 2.23. The van der Waals surface area contributed by atoms with Crippen molar-refractivity contribution in [2.24, 2.45) is 0 Å². The maximum atomic E-state index is 13.2. The number of hydrogen-bond donors (Lipinski definition) is 2. The van der Waals surface area contributed by atoms with Gasteiger partial charge in [0.1, 0.15) is 11.8 Å². The first-order chi connectivity index (χ1) is 15.7. The molecule has 3 aromatic rings. The van der Waals surface area contributed by atoms with Gasteiger partial charge in [-0.15, -0.1) is 0 Å². The Labute approximate surface area is 196 Å². The van der Waals surface area contributed by atoms with Gasteiger partial charge >= 0.3 is 0 Å². The van der Waals surface area contributed by atoms with E-state index >= 15 is 0 Å². The predicted molar refractivity (Wildman–Crippen MR) is 131 cm³/mol. The maximum absolute atomic E-state index is 13.2.